The molecule has 4 aromatic rings. The normalized spacial score (nSPS) is 22.0. The zero-order valence-corrected chi connectivity index (χ0v) is 22.8. The lowest BCUT2D eigenvalue weighted by Crippen LogP contribution is -2.58. The van der Waals surface area contributed by atoms with Crippen LogP contribution in [0.3, 0.4) is 0 Å². The fourth-order valence-corrected chi connectivity index (χ4v) is 5.95. The van der Waals surface area contributed by atoms with Crippen molar-refractivity contribution in [3.05, 3.63) is 84.4 Å². The molecule has 0 radical (unpaired) electrons. The Morgan fingerprint density at radius 3 is 2.55 bits per heavy atom. The van der Waals surface area contributed by atoms with E-state index in [1.807, 2.05) is 42.5 Å². The van der Waals surface area contributed by atoms with E-state index in [9.17, 15) is 14.3 Å². The molecule has 0 saturated heterocycles. The Balaban J connectivity index is 0.946. The number of nitrogens with one attached hydrogen (secondary N) is 1. The second kappa shape index (κ2) is 10.2. The standard InChI is InChI=1S/C32H34FN3O4/c1-31(2,38)20-39-27-10-11-29-23(18-34-36(29)19-27)13-30(37)35-25-14-32(15-25)16-28(17-32)40-26-8-6-21(7-9-26)22-4-3-5-24(33)12-22/h3-12,18-19,25,28,38H,13-17,20H2,1-2H3,(H,35,37). The molecule has 40 heavy (non-hydrogen) atoms. The number of carbonyl (C=O) groups is 1. The summed E-state index contributed by atoms with van der Waals surface area (Å²) in [4.78, 5) is 12.8. The number of fused-ring (bicyclic) bond motifs is 1. The Bertz CT molecular complexity index is 1510. The molecule has 2 N–H and O–H groups in total. The van der Waals surface area contributed by atoms with Crippen LogP contribution >= 0.6 is 0 Å². The summed E-state index contributed by atoms with van der Waals surface area (Å²) in [6, 6.07) is 18.3. The molecule has 0 aliphatic heterocycles. The highest BCUT2D eigenvalue weighted by Gasteiger charge is 2.54. The second-order valence-corrected chi connectivity index (χ2v) is 12.0. The van der Waals surface area contributed by atoms with Crippen molar-refractivity contribution in [3.63, 3.8) is 0 Å². The molecule has 2 fully saturated rings. The summed E-state index contributed by atoms with van der Waals surface area (Å²) in [5.74, 6) is 1.19. The van der Waals surface area contributed by atoms with Gasteiger partial charge >= 0.3 is 0 Å². The molecule has 208 valence electrons. The third-order valence-corrected chi connectivity index (χ3v) is 7.87. The first-order valence-electron chi connectivity index (χ1n) is 13.8. The van der Waals surface area contributed by atoms with Gasteiger partial charge in [0.2, 0.25) is 5.91 Å². The molecule has 0 atom stereocenters. The molecular weight excluding hydrogens is 509 g/mol. The number of rotatable bonds is 9. The molecule has 7 nitrogen and oxygen atoms in total. The number of pyridine rings is 1. The van der Waals surface area contributed by atoms with E-state index in [1.54, 1.807) is 36.8 Å². The molecule has 8 heteroatoms. The number of aromatic nitrogens is 2. The van der Waals surface area contributed by atoms with Gasteiger partial charge in [-0.3, -0.25) is 4.79 Å². The first-order chi connectivity index (χ1) is 19.1. The molecule has 2 aliphatic rings. The number of aliphatic hydroxyl groups is 1. The predicted molar refractivity (Wildman–Crippen MR) is 150 cm³/mol. The third kappa shape index (κ3) is 5.82. The quantitative estimate of drug-likeness (QED) is 0.298. The Kier molecular flexibility index (Phi) is 6.74. The molecule has 0 bridgehead atoms. The van der Waals surface area contributed by atoms with Crippen LogP contribution in [0.2, 0.25) is 0 Å². The lowest BCUT2D eigenvalue weighted by Gasteiger charge is -2.57. The summed E-state index contributed by atoms with van der Waals surface area (Å²) in [5, 5.41) is 17.4. The number of ether oxygens (including phenoxy) is 2. The van der Waals surface area contributed by atoms with Crippen LogP contribution in [0.5, 0.6) is 11.5 Å². The summed E-state index contributed by atoms with van der Waals surface area (Å²) in [5.41, 5.74) is 2.88. The maximum Gasteiger partial charge on any atom is 0.224 e. The van der Waals surface area contributed by atoms with E-state index in [2.05, 4.69) is 10.4 Å². The van der Waals surface area contributed by atoms with Crippen molar-refractivity contribution in [2.24, 2.45) is 5.41 Å². The smallest absolute Gasteiger partial charge is 0.224 e. The number of halogens is 1. The molecule has 6 rings (SSSR count). The van der Waals surface area contributed by atoms with Gasteiger partial charge in [-0.05, 0) is 92.5 Å². The molecule has 2 aliphatic carbocycles. The van der Waals surface area contributed by atoms with Crippen molar-refractivity contribution in [1.29, 1.82) is 0 Å². The van der Waals surface area contributed by atoms with Crippen LogP contribution in [0, 0.1) is 11.2 Å². The Labute approximate surface area is 232 Å². The van der Waals surface area contributed by atoms with Gasteiger partial charge in [-0.25, -0.2) is 8.91 Å². The third-order valence-electron chi connectivity index (χ3n) is 7.87. The van der Waals surface area contributed by atoms with Crippen molar-refractivity contribution in [2.75, 3.05) is 6.61 Å². The van der Waals surface area contributed by atoms with E-state index in [1.165, 1.54) is 12.1 Å². The highest BCUT2D eigenvalue weighted by atomic mass is 19.1. The Morgan fingerprint density at radius 2 is 1.82 bits per heavy atom. The zero-order valence-electron chi connectivity index (χ0n) is 22.8. The summed E-state index contributed by atoms with van der Waals surface area (Å²) in [7, 11) is 0. The van der Waals surface area contributed by atoms with Gasteiger partial charge < -0.3 is 19.9 Å². The number of hydrogen-bond donors (Lipinski definition) is 2. The van der Waals surface area contributed by atoms with Gasteiger partial charge in [-0.15, -0.1) is 0 Å². The number of nitrogens with zero attached hydrogens (tertiary/aromatic N) is 2. The van der Waals surface area contributed by atoms with Crippen LogP contribution in [-0.4, -0.2) is 45.0 Å². The number of benzene rings is 2. The summed E-state index contributed by atoms with van der Waals surface area (Å²) in [6.45, 7) is 3.56. The zero-order chi connectivity index (χ0) is 27.9. The van der Waals surface area contributed by atoms with Gasteiger partial charge in [0, 0.05) is 11.6 Å². The summed E-state index contributed by atoms with van der Waals surface area (Å²) in [6.07, 6.45) is 7.89. The molecule has 2 aromatic heterocycles. The first-order valence-corrected chi connectivity index (χ1v) is 13.8. The summed E-state index contributed by atoms with van der Waals surface area (Å²) >= 11 is 0. The minimum atomic E-state index is -0.922. The van der Waals surface area contributed by atoms with E-state index < -0.39 is 5.60 Å². The van der Waals surface area contributed by atoms with Crippen LogP contribution < -0.4 is 14.8 Å². The van der Waals surface area contributed by atoms with Crippen molar-refractivity contribution < 1.29 is 23.8 Å². The van der Waals surface area contributed by atoms with E-state index in [4.69, 9.17) is 9.47 Å². The minimum Gasteiger partial charge on any atom is -0.490 e. The van der Waals surface area contributed by atoms with Gasteiger partial charge in [0.05, 0.1) is 36.0 Å². The highest BCUT2D eigenvalue weighted by molar-refractivity contribution is 5.81. The fourth-order valence-electron chi connectivity index (χ4n) is 5.95. The molecule has 1 spiro atoms. The lowest BCUT2D eigenvalue weighted by atomic mass is 9.53. The fraction of sp³-hybridized carbons (Fsp3) is 0.375. The monoisotopic (exact) mass is 543 g/mol. The molecule has 0 unspecified atom stereocenters. The molecule has 2 heterocycles. The number of carbonyl (C=O) groups excluding carboxylic acids is 1. The van der Waals surface area contributed by atoms with Gasteiger partial charge in [0.15, 0.2) is 0 Å². The topological polar surface area (TPSA) is 85.1 Å². The number of hydrogen-bond acceptors (Lipinski definition) is 5. The van der Waals surface area contributed by atoms with Gasteiger partial charge in [0.25, 0.3) is 0 Å². The van der Waals surface area contributed by atoms with Crippen LogP contribution in [-0.2, 0) is 11.2 Å². The van der Waals surface area contributed by atoms with Gasteiger partial charge in [-0.2, -0.15) is 5.10 Å². The van der Waals surface area contributed by atoms with Crippen molar-refractivity contribution in [1.82, 2.24) is 14.9 Å². The van der Waals surface area contributed by atoms with Crippen molar-refractivity contribution >= 4 is 11.4 Å². The number of amides is 1. The second-order valence-electron chi connectivity index (χ2n) is 12.0. The van der Waals surface area contributed by atoms with Crippen molar-refractivity contribution in [3.8, 4) is 22.6 Å². The highest BCUT2D eigenvalue weighted by Crippen LogP contribution is 2.56. The average Bonchev–Trinajstić information content (AvgIpc) is 3.26. The SMILES string of the molecule is CC(C)(O)COc1ccc2c(CC(=O)NC3CC4(C3)CC(Oc3ccc(-c5cccc(F)c5)cc3)C4)cnn2c1. The average molecular weight is 544 g/mol. The van der Waals surface area contributed by atoms with E-state index in [-0.39, 0.29) is 42.3 Å². The molecule has 1 amide bonds. The van der Waals surface area contributed by atoms with Crippen LogP contribution in [0.25, 0.3) is 16.6 Å². The maximum atomic E-state index is 13.5. The summed E-state index contributed by atoms with van der Waals surface area (Å²) < 4.78 is 27.0. The van der Waals surface area contributed by atoms with Crippen LogP contribution in [0.4, 0.5) is 4.39 Å². The van der Waals surface area contributed by atoms with E-state index in [0.29, 0.717) is 5.75 Å². The lowest BCUT2D eigenvalue weighted by molar-refractivity contribution is -0.126. The molecule has 2 saturated carbocycles. The molecule has 2 aromatic carbocycles. The minimum absolute atomic E-state index is 0.00242. The Morgan fingerprint density at radius 1 is 1.07 bits per heavy atom. The van der Waals surface area contributed by atoms with Crippen LogP contribution in [0.1, 0.15) is 45.1 Å². The largest absolute Gasteiger partial charge is 0.490 e. The molecular formula is C32H34FN3O4. The Hall–Kier alpha value is -3.91. The van der Waals surface area contributed by atoms with Gasteiger partial charge in [0.1, 0.15) is 23.9 Å². The maximum absolute atomic E-state index is 13.5. The van der Waals surface area contributed by atoms with Crippen molar-refractivity contribution in [2.45, 2.75) is 63.7 Å². The van der Waals surface area contributed by atoms with E-state index >= 15 is 0 Å². The van der Waals surface area contributed by atoms with E-state index in [0.717, 1.165) is 53.6 Å². The predicted octanol–water partition coefficient (Wildman–Crippen LogP) is 5.34. The van der Waals surface area contributed by atoms with Crippen LogP contribution in [0.15, 0.2) is 73.1 Å². The van der Waals surface area contributed by atoms with Gasteiger partial charge in [-0.1, -0.05) is 24.3 Å². The first kappa shape index (κ1) is 26.3.